The Morgan fingerprint density at radius 1 is 1.32 bits per heavy atom. The summed E-state index contributed by atoms with van der Waals surface area (Å²) in [4.78, 5) is 18.6. The van der Waals surface area contributed by atoms with Gasteiger partial charge in [-0.25, -0.2) is 12.7 Å². The quantitative estimate of drug-likeness (QED) is 0.808. The maximum absolute atomic E-state index is 12.6. The predicted molar refractivity (Wildman–Crippen MR) is 82.7 cm³/mol. The molecule has 120 valence electrons. The normalized spacial score (nSPS) is 25.8. The van der Waals surface area contributed by atoms with E-state index in [1.807, 2.05) is 24.1 Å². The van der Waals surface area contributed by atoms with Crippen molar-refractivity contribution < 1.29 is 13.2 Å². The Morgan fingerprint density at radius 3 is 2.55 bits per heavy atom. The number of carbonyl (C=O) groups is 1. The molecule has 0 saturated carbocycles. The first-order valence-electron chi connectivity index (χ1n) is 7.46. The highest BCUT2D eigenvalue weighted by molar-refractivity contribution is 7.88. The highest BCUT2D eigenvalue weighted by Gasteiger charge is 2.51. The maximum Gasteiger partial charge on any atom is 0.230 e. The van der Waals surface area contributed by atoms with Gasteiger partial charge in [0.2, 0.25) is 15.9 Å². The number of rotatable bonds is 2. The van der Waals surface area contributed by atoms with E-state index in [2.05, 4.69) is 4.98 Å². The molecule has 7 heteroatoms. The Balaban J connectivity index is 1.81. The molecule has 22 heavy (non-hydrogen) atoms. The summed E-state index contributed by atoms with van der Waals surface area (Å²) in [7, 11) is -1.31. The first-order valence-corrected chi connectivity index (χ1v) is 9.31. The number of aromatic nitrogens is 1. The van der Waals surface area contributed by atoms with Gasteiger partial charge in [0.05, 0.1) is 12.2 Å². The number of piperidine rings is 1. The second-order valence-electron chi connectivity index (χ2n) is 6.33. The van der Waals surface area contributed by atoms with Crippen LogP contribution in [0.2, 0.25) is 0 Å². The number of sulfonamides is 1. The van der Waals surface area contributed by atoms with Crippen molar-refractivity contribution in [1.29, 1.82) is 0 Å². The Morgan fingerprint density at radius 2 is 2.00 bits per heavy atom. The molecule has 1 amide bonds. The summed E-state index contributed by atoms with van der Waals surface area (Å²) in [5, 5.41) is 0. The topological polar surface area (TPSA) is 70.6 Å². The number of carbonyl (C=O) groups excluding carboxylic acids is 1. The summed E-state index contributed by atoms with van der Waals surface area (Å²) >= 11 is 0. The second-order valence-corrected chi connectivity index (χ2v) is 8.31. The maximum atomic E-state index is 12.6. The third kappa shape index (κ3) is 2.52. The van der Waals surface area contributed by atoms with Gasteiger partial charge in [0, 0.05) is 38.1 Å². The van der Waals surface area contributed by atoms with E-state index in [9.17, 15) is 13.2 Å². The lowest BCUT2D eigenvalue weighted by molar-refractivity contribution is -0.131. The van der Waals surface area contributed by atoms with Crippen LogP contribution in [0.15, 0.2) is 24.5 Å². The number of nitrogens with zero attached hydrogens (tertiary/aromatic N) is 3. The summed E-state index contributed by atoms with van der Waals surface area (Å²) in [6, 6.07) is 3.79. The molecular formula is C15H21N3O3S. The van der Waals surface area contributed by atoms with Gasteiger partial charge in [-0.2, -0.15) is 0 Å². The zero-order valence-corrected chi connectivity index (χ0v) is 13.7. The average molecular weight is 323 g/mol. The summed E-state index contributed by atoms with van der Waals surface area (Å²) in [5.41, 5.74) is 0.723. The third-order valence-electron chi connectivity index (χ3n) is 5.13. The molecule has 0 aromatic carbocycles. The summed E-state index contributed by atoms with van der Waals surface area (Å²) < 4.78 is 24.8. The van der Waals surface area contributed by atoms with Gasteiger partial charge in [0.25, 0.3) is 0 Å². The molecular weight excluding hydrogens is 302 g/mol. The van der Waals surface area contributed by atoms with Crippen molar-refractivity contribution in [2.24, 2.45) is 0 Å². The Kier molecular flexibility index (Phi) is 3.72. The van der Waals surface area contributed by atoms with Crippen LogP contribution in [0.4, 0.5) is 0 Å². The molecule has 0 unspecified atom stereocenters. The van der Waals surface area contributed by atoms with E-state index in [0.717, 1.165) is 12.0 Å². The van der Waals surface area contributed by atoms with Crippen LogP contribution in [0.25, 0.3) is 0 Å². The van der Waals surface area contributed by atoms with Crippen molar-refractivity contribution >= 4 is 15.9 Å². The fourth-order valence-corrected chi connectivity index (χ4v) is 4.53. The molecule has 2 aliphatic heterocycles. The van der Waals surface area contributed by atoms with Crippen LogP contribution in [0.1, 0.15) is 30.7 Å². The molecule has 1 aromatic heterocycles. The van der Waals surface area contributed by atoms with Crippen molar-refractivity contribution in [1.82, 2.24) is 14.2 Å². The standard InChI is InChI=1S/C15H21N3O3S/c1-17-14(19)13(12-4-3-7-16-11-12)10-15(17)5-8-18(9-6-15)22(2,20)21/h3-4,7,11,13H,5-6,8-10H2,1-2H3/t13-/m1/s1. The molecule has 2 fully saturated rings. The number of hydrogen-bond acceptors (Lipinski definition) is 4. The number of pyridine rings is 1. The first kappa shape index (κ1) is 15.4. The molecule has 0 N–H and O–H groups in total. The lowest BCUT2D eigenvalue weighted by Crippen LogP contribution is -2.52. The third-order valence-corrected chi connectivity index (χ3v) is 6.44. The number of hydrogen-bond donors (Lipinski definition) is 0. The predicted octanol–water partition coefficient (Wildman–Crippen LogP) is 0.822. The van der Waals surface area contributed by atoms with Gasteiger partial charge in [0.1, 0.15) is 0 Å². The molecule has 1 atom stereocenters. The molecule has 1 aromatic rings. The van der Waals surface area contributed by atoms with Gasteiger partial charge in [-0.05, 0) is 30.9 Å². The minimum absolute atomic E-state index is 0.112. The van der Waals surface area contributed by atoms with Crippen molar-refractivity contribution in [3.8, 4) is 0 Å². The van der Waals surface area contributed by atoms with Crippen LogP contribution in [0.3, 0.4) is 0 Å². The number of amides is 1. The average Bonchev–Trinajstić information content (AvgIpc) is 2.73. The van der Waals surface area contributed by atoms with E-state index in [4.69, 9.17) is 0 Å². The van der Waals surface area contributed by atoms with E-state index in [1.165, 1.54) is 10.6 Å². The van der Waals surface area contributed by atoms with Gasteiger partial charge in [-0.15, -0.1) is 0 Å². The summed E-state index contributed by atoms with van der Waals surface area (Å²) in [6.45, 7) is 0.965. The molecule has 1 spiro atoms. The number of likely N-dealkylation sites (tertiary alicyclic amines) is 1. The van der Waals surface area contributed by atoms with Gasteiger partial charge in [-0.3, -0.25) is 9.78 Å². The molecule has 6 nitrogen and oxygen atoms in total. The monoisotopic (exact) mass is 323 g/mol. The van der Waals surface area contributed by atoms with Crippen LogP contribution in [-0.2, 0) is 14.8 Å². The lowest BCUT2D eigenvalue weighted by atomic mass is 9.82. The van der Waals surface area contributed by atoms with Gasteiger partial charge < -0.3 is 4.90 Å². The van der Waals surface area contributed by atoms with Crippen LogP contribution >= 0.6 is 0 Å². The Bertz CT molecular complexity index is 667. The fraction of sp³-hybridized carbons (Fsp3) is 0.600. The zero-order chi connectivity index (χ0) is 16.0. The Labute approximate surface area is 131 Å². The molecule has 2 aliphatic rings. The van der Waals surface area contributed by atoms with E-state index in [1.54, 1.807) is 12.4 Å². The smallest absolute Gasteiger partial charge is 0.230 e. The van der Waals surface area contributed by atoms with Gasteiger partial charge in [-0.1, -0.05) is 6.07 Å². The Hall–Kier alpha value is -1.47. The molecule has 0 bridgehead atoms. The van der Waals surface area contributed by atoms with Crippen LogP contribution in [0.5, 0.6) is 0 Å². The van der Waals surface area contributed by atoms with Crippen LogP contribution < -0.4 is 0 Å². The summed E-state index contributed by atoms with van der Waals surface area (Å²) in [5.74, 6) is -0.0516. The van der Waals surface area contributed by atoms with Crippen molar-refractivity contribution in [3.05, 3.63) is 30.1 Å². The van der Waals surface area contributed by atoms with Gasteiger partial charge in [0.15, 0.2) is 0 Å². The lowest BCUT2D eigenvalue weighted by Gasteiger charge is -2.42. The molecule has 0 aliphatic carbocycles. The largest absolute Gasteiger partial charge is 0.339 e. The highest BCUT2D eigenvalue weighted by atomic mass is 32.2. The fourth-order valence-electron chi connectivity index (χ4n) is 3.69. The van der Waals surface area contributed by atoms with Gasteiger partial charge >= 0.3 is 0 Å². The second kappa shape index (κ2) is 5.31. The highest BCUT2D eigenvalue weighted by Crippen LogP contribution is 2.44. The first-order chi connectivity index (χ1) is 10.3. The van der Waals surface area contributed by atoms with Crippen molar-refractivity contribution in [2.45, 2.75) is 30.7 Å². The zero-order valence-electron chi connectivity index (χ0n) is 12.9. The van der Waals surface area contributed by atoms with Crippen molar-refractivity contribution in [2.75, 3.05) is 26.4 Å². The van der Waals surface area contributed by atoms with E-state index < -0.39 is 10.0 Å². The molecule has 0 radical (unpaired) electrons. The van der Waals surface area contributed by atoms with Crippen LogP contribution in [-0.4, -0.2) is 60.4 Å². The van der Waals surface area contributed by atoms with E-state index in [0.29, 0.717) is 25.9 Å². The summed E-state index contributed by atoms with van der Waals surface area (Å²) in [6.07, 6.45) is 6.82. The SMILES string of the molecule is CN1C(=O)[C@@H](c2cccnc2)CC12CCN(S(C)(=O)=O)CC2. The van der Waals surface area contributed by atoms with E-state index >= 15 is 0 Å². The molecule has 3 heterocycles. The minimum atomic E-state index is -3.15. The van der Waals surface area contributed by atoms with E-state index in [-0.39, 0.29) is 17.4 Å². The molecule has 3 rings (SSSR count). The van der Waals surface area contributed by atoms with Crippen molar-refractivity contribution in [3.63, 3.8) is 0 Å². The van der Waals surface area contributed by atoms with Crippen LogP contribution in [0, 0.1) is 0 Å². The number of likely N-dealkylation sites (N-methyl/N-ethyl adjacent to an activating group) is 1. The molecule has 2 saturated heterocycles. The minimum Gasteiger partial charge on any atom is -0.339 e.